The Hall–Kier alpha value is -0.610. The summed E-state index contributed by atoms with van der Waals surface area (Å²) in [6, 6.07) is -0.465. The number of carboxylic acid groups (broad SMARTS) is 1. The molecule has 0 amide bonds. The number of hydrogen-bond acceptors (Lipinski definition) is 3. The van der Waals surface area contributed by atoms with E-state index in [1.165, 1.54) is 0 Å². The van der Waals surface area contributed by atoms with Crippen LogP contribution in [0.5, 0.6) is 0 Å². The second-order valence-corrected chi connectivity index (χ2v) is 3.70. The molecule has 1 fully saturated rings. The second kappa shape index (κ2) is 4.07. The van der Waals surface area contributed by atoms with Crippen molar-refractivity contribution in [3.63, 3.8) is 0 Å². The van der Waals surface area contributed by atoms with Gasteiger partial charge in [-0.05, 0) is 33.2 Å². The Morgan fingerprint density at radius 3 is 2.62 bits per heavy atom. The molecule has 0 spiro atoms. The second-order valence-electron chi connectivity index (χ2n) is 3.70. The quantitative estimate of drug-likeness (QED) is 0.667. The molecule has 76 valence electrons. The molecule has 4 nitrogen and oxygen atoms in total. The average molecular weight is 187 g/mol. The van der Waals surface area contributed by atoms with Gasteiger partial charge in [-0.25, -0.2) is 0 Å². The van der Waals surface area contributed by atoms with Crippen molar-refractivity contribution in [1.29, 1.82) is 0 Å². The third-order valence-corrected chi connectivity index (χ3v) is 2.75. The molecule has 3 atom stereocenters. The van der Waals surface area contributed by atoms with Crippen LogP contribution in [0.4, 0.5) is 0 Å². The molecule has 0 aromatic rings. The lowest BCUT2D eigenvalue weighted by Gasteiger charge is -2.29. The Labute approximate surface area is 78.2 Å². The fourth-order valence-corrected chi connectivity index (χ4v) is 1.96. The number of hydrogen-bond donors (Lipinski definition) is 2. The number of aliphatic hydroxyl groups is 1. The molecule has 1 heterocycles. The standard InChI is InChI=1S/C9H17NO3/c1-6(9(12)13)10-5-3-4-8(10)7(2)11/h6-8,11H,3-5H2,1-2H3,(H,12,13)/t6-,7+,8+/m1/s1. The molecule has 1 rings (SSSR count). The van der Waals surface area contributed by atoms with E-state index in [0.717, 1.165) is 19.4 Å². The fraction of sp³-hybridized carbons (Fsp3) is 0.889. The average Bonchev–Trinajstić information content (AvgIpc) is 2.50. The number of carbonyl (C=O) groups is 1. The van der Waals surface area contributed by atoms with Crippen LogP contribution in [0.2, 0.25) is 0 Å². The van der Waals surface area contributed by atoms with Crippen molar-refractivity contribution in [3.05, 3.63) is 0 Å². The predicted octanol–water partition coefficient (Wildman–Crippen LogP) is 0.305. The van der Waals surface area contributed by atoms with Gasteiger partial charge in [0.15, 0.2) is 0 Å². The zero-order valence-electron chi connectivity index (χ0n) is 8.10. The van der Waals surface area contributed by atoms with Crippen LogP contribution in [-0.2, 0) is 4.79 Å². The fourth-order valence-electron chi connectivity index (χ4n) is 1.96. The van der Waals surface area contributed by atoms with Crippen LogP contribution in [0.25, 0.3) is 0 Å². The van der Waals surface area contributed by atoms with Crippen LogP contribution < -0.4 is 0 Å². The minimum atomic E-state index is -0.812. The van der Waals surface area contributed by atoms with Gasteiger partial charge in [-0.15, -0.1) is 0 Å². The van der Waals surface area contributed by atoms with E-state index < -0.39 is 18.1 Å². The molecule has 1 aliphatic rings. The highest BCUT2D eigenvalue weighted by Gasteiger charge is 2.34. The summed E-state index contributed by atoms with van der Waals surface area (Å²) in [6.07, 6.45) is 1.44. The van der Waals surface area contributed by atoms with Crippen molar-refractivity contribution in [3.8, 4) is 0 Å². The van der Waals surface area contributed by atoms with E-state index in [1.807, 2.05) is 4.90 Å². The lowest BCUT2D eigenvalue weighted by molar-refractivity contribution is -0.143. The molecule has 0 bridgehead atoms. The van der Waals surface area contributed by atoms with Crippen molar-refractivity contribution < 1.29 is 15.0 Å². The number of rotatable bonds is 3. The first-order valence-electron chi connectivity index (χ1n) is 4.70. The molecule has 0 aliphatic carbocycles. The van der Waals surface area contributed by atoms with Gasteiger partial charge in [0.05, 0.1) is 6.10 Å². The van der Waals surface area contributed by atoms with Gasteiger partial charge in [0.25, 0.3) is 0 Å². The minimum absolute atomic E-state index is 0.0195. The Kier molecular flexibility index (Phi) is 3.27. The Morgan fingerprint density at radius 1 is 1.54 bits per heavy atom. The van der Waals surface area contributed by atoms with Crippen LogP contribution >= 0.6 is 0 Å². The Balaban J connectivity index is 2.62. The normalized spacial score (nSPS) is 28.7. The van der Waals surface area contributed by atoms with Crippen molar-refractivity contribution in [2.24, 2.45) is 0 Å². The molecule has 1 aliphatic heterocycles. The zero-order chi connectivity index (χ0) is 10.0. The third kappa shape index (κ3) is 2.19. The molecule has 0 aromatic carbocycles. The van der Waals surface area contributed by atoms with Crippen molar-refractivity contribution >= 4 is 5.97 Å². The summed E-state index contributed by atoms with van der Waals surface area (Å²) in [5.74, 6) is -0.812. The van der Waals surface area contributed by atoms with Crippen molar-refractivity contribution in [2.45, 2.75) is 44.9 Å². The van der Waals surface area contributed by atoms with Gasteiger partial charge in [0.2, 0.25) is 0 Å². The van der Waals surface area contributed by atoms with Crippen LogP contribution in [0.3, 0.4) is 0 Å². The van der Waals surface area contributed by atoms with E-state index in [0.29, 0.717) is 0 Å². The van der Waals surface area contributed by atoms with E-state index in [9.17, 15) is 9.90 Å². The topological polar surface area (TPSA) is 60.8 Å². The van der Waals surface area contributed by atoms with Gasteiger partial charge < -0.3 is 10.2 Å². The first-order valence-corrected chi connectivity index (χ1v) is 4.70. The van der Waals surface area contributed by atoms with E-state index in [-0.39, 0.29) is 6.04 Å². The number of aliphatic carboxylic acids is 1. The summed E-state index contributed by atoms with van der Waals surface area (Å²) in [5, 5.41) is 18.2. The lowest BCUT2D eigenvalue weighted by atomic mass is 10.1. The minimum Gasteiger partial charge on any atom is -0.480 e. The number of nitrogens with zero attached hydrogens (tertiary/aromatic N) is 1. The largest absolute Gasteiger partial charge is 0.480 e. The highest BCUT2D eigenvalue weighted by Crippen LogP contribution is 2.22. The van der Waals surface area contributed by atoms with Crippen molar-refractivity contribution in [2.75, 3.05) is 6.54 Å². The van der Waals surface area contributed by atoms with Gasteiger partial charge >= 0.3 is 5.97 Å². The molecule has 13 heavy (non-hydrogen) atoms. The van der Waals surface area contributed by atoms with Crippen LogP contribution in [0.1, 0.15) is 26.7 Å². The van der Waals surface area contributed by atoms with Crippen LogP contribution in [0, 0.1) is 0 Å². The summed E-state index contributed by atoms with van der Waals surface area (Å²) in [5.41, 5.74) is 0. The van der Waals surface area contributed by atoms with Crippen LogP contribution in [-0.4, -0.2) is 45.8 Å². The van der Waals surface area contributed by atoms with E-state index >= 15 is 0 Å². The first-order chi connectivity index (χ1) is 6.04. The summed E-state index contributed by atoms with van der Waals surface area (Å²) in [7, 11) is 0. The van der Waals surface area contributed by atoms with E-state index in [2.05, 4.69) is 0 Å². The Bertz CT molecular complexity index is 193. The van der Waals surface area contributed by atoms with E-state index in [1.54, 1.807) is 13.8 Å². The SMILES string of the molecule is C[C@H](O)[C@@H]1CCCN1[C@H](C)C(=O)O. The highest BCUT2D eigenvalue weighted by atomic mass is 16.4. The first kappa shape index (κ1) is 10.5. The van der Waals surface area contributed by atoms with Gasteiger partial charge in [0.1, 0.15) is 6.04 Å². The van der Waals surface area contributed by atoms with Gasteiger partial charge in [-0.3, -0.25) is 9.69 Å². The highest BCUT2D eigenvalue weighted by molar-refractivity contribution is 5.73. The van der Waals surface area contributed by atoms with Crippen molar-refractivity contribution in [1.82, 2.24) is 4.90 Å². The summed E-state index contributed by atoms with van der Waals surface area (Å²) < 4.78 is 0. The number of aliphatic hydroxyl groups excluding tert-OH is 1. The molecule has 2 N–H and O–H groups in total. The molecule has 0 aromatic heterocycles. The molecule has 0 radical (unpaired) electrons. The Morgan fingerprint density at radius 2 is 2.15 bits per heavy atom. The van der Waals surface area contributed by atoms with E-state index in [4.69, 9.17) is 5.11 Å². The summed E-state index contributed by atoms with van der Waals surface area (Å²) in [6.45, 7) is 4.17. The van der Waals surface area contributed by atoms with Gasteiger partial charge in [-0.2, -0.15) is 0 Å². The molecule has 1 saturated heterocycles. The predicted molar refractivity (Wildman–Crippen MR) is 48.5 cm³/mol. The molecule has 4 heteroatoms. The van der Waals surface area contributed by atoms with Gasteiger partial charge in [-0.1, -0.05) is 0 Å². The third-order valence-electron chi connectivity index (χ3n) is 2.75. The molecule has 0 saturated carbocycles. The van der Waals surface area contributed by atoms with Crippen LogP contribution in [0.15, 0.2) is 0 Å². The van der Waals surface area contributed by atoms with Gasteiger partial charge in [0, 0.05) is 6.04 Å². The number of likely N-dealkylation sites (tertiary alicyclic amines) is 1. The maximum absolute atomic E-state index is 10.7. The smallest absolute Gasteiger partial charge is 0.320 e. The maximum Gasteiger partial charge on any atom is 0.320 e. The lowest BCUT2D eigenvalue weighted by Crippen LogP contribution is -2.46. The summed E-state index contributed by atoms with van der Waals surface area (Å²) >= 11 is 0. The molecular formula is C9H17NO3. The number of carboxylic acids is 1. The maximum atomic E-state index is 10.7. The monoisotopic (exact) mass is 187 g/mol. The molecule has 0 unspecified atom stereocenters. The molecular weight excluding hydrogens is 170 g/mol. The zero-order valence-corrected chi connectivity index (χ0v) is 8.10. The summed E-state index contributed by atoms with van der Waals surface area (Å²) in [4.78, 5) is 12.6.